The van der Waals surface area contributed by atoms with Gasteiger partial charge in [-0.3, -0.25) is 4.79 Å². The second-order valence-electron chi connectivity index (χ2n) is 3.42. The highest BCUT2D eigenvalue weighted by atomic mass is 16.5. The molecule has 1 amide bonds. The smallest absolute Gasteiger partial charge is 0.397 e. The van der Waals surface area contributed by atoms with E-state index in [-0.39, 0.29) is 6.61 Å². The predicted molar refractivity (Wildman–Crippen MR) is 63.6 cm³/mol. The van der Waals surface area contributed by atoms with Crippen LogP contribution in [0.1, 0.15) is 6.92 Å². The molecule has 0 bridgehead atoms. The van der Waals surface area contributed by atoms with Crippen LogP contribution in [0.25, 0.3) is 10.9 Å². The molecule has 1 aromatic carbocycles. The largest absolute Gasteiger partial charge is 0.459 e. The summed E-state index contributed by atoms with van der Waals surface area (Å²) in [6.45, 7) is 1.83. The summed E-state index contributed by atoms with van der Waals surface area (Å²) in [5.74, 6) is -1.64. The van der Waals surface area contributed by atoms with Crippen LogP contribution in [0.2, 0.25) is 0 Å². The summed E-state index contributed by atoms with van der Waals surface area (Å²) in [6, 6.07) is 7.48. The van der Waals surface area contributed by atoms with Crippen molar-refractivity contribution >= 4 is 28.5 Å². The minimum Gasteiger partial charge on any atom is -0.459 e. The average Bonchev–Trinajstić information content (AvgIpc) is 2.73. The van der Waals surface area contributed by atoms with Crippen LogP contribution < -0.4 is 5.32 Å². The molecule has 0 aliphatic carbocycles. The molecule has 1 aromatic heterocycles. The Bertz CT molecular complexity index is 560. The molecular formula is C12H12N2O3. The Kier molecular flexibility index (Phi) is 3.09. The lowest BCUT2D eigenvalue weighted by Gasteiger charge is -2.02. The number of rotatable bonds is 2. The Labute approximate surface area is 97.8 Å². The number of fused-ring (bicyclic) bond motifs is 1. The fraction of sp³-hybridized carbons (Fsp3) is 0.167. The lowest BCUT2D eigenvalue weighted by atomic mass is 10.2. The third-order valence-corrected chi connectivity index (χ3v) is 2.30. The van der Waals surface area contributed by atoms with E-state index in [1.165, 1.54) is 0 Å². The first-order chi connectivity index (χ1) is 8.22. The zero-order valence-electron chi connectivity index (χ0n) is 9.32. The van der Waals surface area contributed by atoms with Gasteiger partial charge in [-0.2, -0.15) is 0 Å². The van der Waals surface area contributed by atoms with Crippen molar-refractivity contribution in [1.29, 1.82) is 0 Å². The fourth-order valence-electron chi connectivity index (χ4n) is 1.54. The van der Waals surface area contributed by atoms with E-state index in [0.29, 0.717) is 5.69 Å². The lowest BCUT2D eigenvalue weighted by Crippen LogP contribution is -2.24. The number of hydrogen-bond donors (Lipinski definition) is 2. The third kappa shape index (κ3) is 2.28. The van der Waals surface area contributed by atoms with Crippen molar-refractivity contribution in [3.05, 3.63) is 30.5 Å². The molecule has 0 aliphatic rings. The zero-order chi connectivity index (χ0) is 12.3. The number of amides is 1. The van der Waals surface area contributed by atoms with Gasteiger partial charge in [-0.1, -0.05) is 18.2 Å². The van der Waals surface area contributed by atoms with E-state index in [0.717, 1.165) is 10.9 Å². The first kappa shape index (κ1) is 11.2. The molecule has 0 spiro atoms. The molecule has 5 nitrogen and oxygen atoms in total. The maximum atomic E-state index is 11.4. The van der Waals surface area contributed by atoms with Crippen molar-refractivity contribution in [2.24, 2.45) is 0 Å². The first-order valence-electron chi connectivity index (χ1n) is 5.26. The molecule has 17 heavy (non-hydrogen) atoms. The topological polar surface area (TPSA) is 71.2 Å². The van der Waals surface area contributed by atoms with Gasteiger partial charge in [0.05, 0.1) is 12.3 Å². The Morgan fingerprint density at radius 3 is 2.88 bits per heavy atom. The minimum absolute atomic E-state index is 0.181. The van der Waals surface area contributed by atoms with Gasteiger partial charge >= 0.3 is 11.9 Å². The number of carbonyl (C=O) groups is 2. The average molecular weight is 232 g/mol. The van der Waals surface area contributed by atoms with Crippen molar-refractivity contribution in [3.8, 4) is 0 Å². The van der Waals surface area contributed by atoms with Crippen LogP contribution in [-0.2, 0) is 14.3 Å². The monoisotopic (exact) mass is 232 g/mol. The summed E-state index contributed by atoms with van der Waals surface area (Å²) < 4.78 is 4.60. The molecule has 0 unspecified atom stereocenters. The Morgan fingerprint density at radius 1 is 1.35 bits per heavy atom. The van der Waals surface area contributed by atoms with Crippen LogP contribution in [0.15, 0.2) is 30.5 Å². The van der Waals surface area contributed by atoms with Gasteiger partial charge in [0.1, 0.15) is 0 Å². The van der Waals surface area contributed by atoms with E-state index < -0.39 is 11.9 Å². The SMILES string of the molecule is CCOC(=O)C(=O)Nc1c[nH]c2ccccc12. The molecule has 88 valence electrons. The lowest BCUT2D eigenvalue weighted by molar-refractivity contribution is -0.152. The van der Waals surface area contributed by atoms with Gasteiger partial charge in [-0.05, 0) is 13.0 Å². The minimum atomic E-state index is -0.877. The number of aromatic nitrogens is 1. The van der Waals surface area contributed by atoms with Crippen molar-refractivity contribution in [1.82, 2.24) is 4.98 Å². The highest BCUT2D eigenvalue weighted by molar-refractivity contribution is 6.38. The quantitative estimate of drug-likeness (QED) is 0.611. The van der Waals surface area contributed by atoms with Gasteiger partial charge in [0.15, 0.2) is 0 Å². The number of ether oxygens (including phenoxy) is 1. The van der Waals surface area contributed by atoms with Crippen LogP contribution in [-0.4, -0.2) is 23.5 Å². The fourth-order valence-corrected chi connectivity index (χ4v) is 1.54. The Balaban J connectivity index is 2.19. The molecule has 2 N–H and O–H groups in total. The van der Waals surface area contributed by atoms with Gasteiger partial charge in [-0.15, -0.1) is 0 Å². The number of anilines is 1. The predicted octanol–water partition coefficient (Wildman–Crippen LogP) is 1.67. The first-order valence-corrected chi connectivity index (χ1v) is 5.26. The van der Waals surface area contributed by atoms with Crippen LogP contribution in [0.3, 0.4) is 0 Å². The van der Waals surface area contributed by atoms with Gasteiger partial charge in [0, 0.05) is 17.1 Å². The van der Waals surface area contributed by atoms with Crippen LogP contribution in [0, 0.1) is 0 Å². The molecule has 2 rings (SSSR count). The number of esters is 1. The molecule has 1 heterocycles. The maximum Gasteiger partial charge on any atom is 0.397 e. The summed E-state index contributed by atoms with van der Waals surface area (Å²) in [6.07, 6.45) is 1.64. The summed E-state index contributed by atoms with van der Waals surface area (Å²) in [7, 11) is 0. The van der Waals surface area contributed by atoms with Gasteiger partial charge in [0.2, 0.25) is 0 Å². The van der Waals surface area contributed by atoms with Gasteiger partial charge in [0.25, 0.3) is 0 Å². The molecule has 0 atom stereocenters. The Hall–Kier alpha value is -2.30. The third-order valence-electron chi connectivity index (χ3n) is 2.30. The van der Waals surface area contributed by atoms with E-state index in [1.54, 1.807) is 13.1 Å². The second kappa shape index (κ2) is 4.69. The maximum absolute atomic E-state index is 11.4. The molecule has 0 aliphatic heterocycles. The van der Waals surface area contributed by atoms with Gasteiger partial charge < -0.3 is 15.0 Å². The van der Waals surface area contributed by atoms with E-state index >= 15 is 0 Å². The molecule has 2 aromatic rings. The second-order valence-corrected chi connectivity index (χ2v) is 3.42. The van der Waals surface area contributed by atoms with Crippen molar-refractivity contribution in [3.63, 3.8) is 0 Å². The number of nitrogens with one attached hydrogen (secondary N) is 2. The molecule has 0 radical (unpaired) electrons. The summed E-state index contributed by atoms with van der Waals surface area (Å²) in [5.41, 5.74) is 1.46. The number of hydrogen-bond acceptors (Lipinski definition) is 3. The number of benzene rings is 1. The number of carbonyl (C=O) groups excluding carboxylic acids is 2. The number of H-pyrrole nitrogens is 1. The van der Waals surface area contributed by atoms with Crippen molar-refractivity contribution in [2.45, 2.75) is 6.92 Å². The Morgan fingerprint density at radius 2 is 2.12 bits per heavy atom. The standard InChI is InChI=1S/C12H12N2O3/c1-2-17-12(16)11(15)14-10-7-13-9-6-4-3-5-8(9)10/h3-7,13H,2H2,1H3,(H,14,15). The summed E-state index contributed by atoms with van der Waals surface area (Å²) in [5, 5.41) is 3.36. The zero-order valence-corrected chi connectivity index (χ0v) is 9.32. The van der Waals surface area contributed by atoms with Crippen LogP contribution >= 0.6 is 0 Å². The normalized spacial score (nSPS) is 10.2. The van der Waals surface area contributed by atoms with E-state index in [2.05, 4.69) is 15.0 Å². The highest BCUT2D eigenvalue weighted by Crippen LogP contribution is 2.22. The van der Waals surface area contributed by atoms with Crippen LogP contribution in [0.5, 0.6) is 0 Å². The van der Waals surface area contributed by atoms with Crippen molar-refractivity contribution in [2.75, 3.05) is 11.9 Å². The highest BCUT2D eigenvalue weighted by Gasteiger charge is 2.16. The molecule has 0 saturated heterocycles. The van der Waals surface area contributed by atoms with E-state index in [1.807, 2.05) is 24.3 Å². The molecule has 0 fully saturated rings. The number of para-hydroxylation sites is 1. The van der Waals surface area contributed by atoms with E-state index in [9.17, 15) is 9.59 Å². The number of aromatic amines is 1. The summed E-state index contributed by atoms with van der Waals surface area (Å²) >= 11 is 0. The van der Waals surface area contributed by atoms with Gasteiger partial charge in [-0.25, -0.2) is 4.79 Å². The molecular weight excluding hydrogens is 220 g/mol. The van der Waals surface area contributed by atoms with E-state index in [4.69, 9.17) is 0 Å². The molecule has 5 heteroatoms. The van der Waals surface area contributed by atoms with Crippen LogP contribution in [0.4, 0.5) is 5.69 Å². The molecule has 0 saturated carbocycles. The van der Waals surface area contributed by atoms with Crippen molar-refractivity contribution < 1.29 is 14.3 Å². The summed E-state index contributed by atoms with van der Waals surface area (Å²) in [4.78, 5) is 25.6.